The number of halogens is 1. The van der Waals surface area contributed by atoms with Gasteiger partial charge in [0.05, 0.1) is 11.2 Å². The summed E-state index contributed by atoms with van der Waals surface area (Å²) in [6.45, 7) is 5.14. The standard InChI is InChI=1S/C18H29FN2/c1-14(2)11-15-7-6-10-18(12-15,13-20)21(3)17-9-5-4-8-16(17)19/h4-5,8-9,14-15H,6-7,10-13,20H2,1-3H3. The zero-order chi connectivity index (χ0) is 15.5. The lowest BCUT2D eigenvalue weighted by atomic mass is 9.72. The van der Waals surface area contributed by atoms with E-state index in [1.807, 2.05) is 19.2 Å². The lowest BCUT2D eigenvalue weighted by Crippen LogP contribution is -2.55. The highest BCUT2D eigenvalue weighted by Gasteiger charge is 2.39. The van der Waals surface area contributed by atoms with Gasteiger partial charge in [-0.25, -0.2) is 4.39 Å². The molecule has 118 valence electrons. The molecule has 0 bridgehead atoms. The van der Waals surface area contributed by atoms with Crippen molar-refractivity contribution in [1.29, 1.82) is 0 Å². The molecular weight excluding hydrogens is 263 g/mol. The Kier molecular flexibility index (Phi) is 5.26. The Bertz CT molecular complexity index is 460. The Morgan fingerprint density at radius 1 is 1.38 bits per heavy atom. The second kappa shape index (κ2) is 6.78. The molecule has 2 rings (SSSR count). The van der Waals surface area contributed by atoms with Gasteiger partial charge in [0.1, 0.15) is 5.82 Å². The molecule has 2 nitrogen and oxygen atoms in total. The van der Waals surface area contributed by atoms with E-state index in [1.165, 1.54) is 25.3 Å². The first kappa shape index (κ1) is 16.3. The van der Waals surface area contributed by atoms with Gasteiger partial charge >= 0.3 is 0 Å². The van der Waals surface area contributed by atoms with Crippen LogP contribution in [0.2, 0.25) is 0 Å². The quantitative estimate of drug-likeness (QED) is 0.881. The minimum atomic E-state index is -0.154. The van der Waals surface area contributed by atoms with Crippen LogP contribution in [0.15, 0.2) is 24.3 Å². The minimum Gasteiger partial charge on any atom is -0.365 e. The van der Waals surface area contributed by atoms with Crippen molar-refractivity contribution in [1.82, 2.24) is 0 Å². The summed E-state index contributed by atoms with van der Waals surface area (Å²) >= 11 is 0. The average Bonchev–Trinajstić information content (AvgIpc) is 2.46. The van der Waals surface area contributed by atoms with Crippen LogP contribution >= 0.6 is 0 Å². The van der Waals surface area contributed by atoms with E-state index in [2.05, 4.69) is 18.7 Å². The minimum absolute atomic E-state index is 0.0972. The predicted molar refractivity (Wildman–Crippen MR) is 88.0 cm³/mol. The van der Waals surface area contributed by atoms with Crippen molar-refractivity contribution in [2.24, 2.45) is 17.6 Å². The monoisotopic (exact) mass is 292 g/mol. The highest BCUT2D eigenvalue weighted by atomic mass is 19.1. The van der Waals surface area contributed by atoms with Crippen LogP contribution in [0.3, 0.4) is 0 Å². The molecule has 0 spiro atoms. The van der Waals surface area contributed by atoms with Gasteiger partial charge in [-0.15, -0.1) is 0 Å². The van der Waals surface area contributed by atoms with Gasteiger partial charge in [0.15, 0.2) is 0 Å². The molecule has 1 saturated carbocycles. The SMILES string of the molecule is CC(C)CC1CCCC(CN)(N(C)c2ccccc2F)C1. The van der Waals surface area contributed by atoms with E-state index in [0.717, 1.165) is 12.8 Å². The van der Waals surface area contributed by atoms with Gasteiger partial charge in [0.2, 0.25) is 0 Å². The van der Waals surface area contributed by atoms with Crippen molar-refractivity contribution >= 4 is 5.69 Å². The number of rotatable bonds is 5. The molecule has 0 aliphatic heterocycles. The molecule has 2 unspecified atom stereocenters. The van der Waals surface area contributed by atoms with Crippen LogP contribution < -0.4 is 10.6 Å². The molecule has 0 amide bonds. The summed E-state index contributed by atoms with van der Waals surface area (Å²) in [6.07, 6.45) is 5.85. The maximum atomic E-state index is 14.1. The molecule has 1 aromatic carbocycles. The van der Waals surface area contributed by atoms with Crippen LogP contribution in [-0.4, -0.2) is 19.1 Å². The van der Waals surface area contributed by atoms with Gasteiger partial charge in [0, 0.05) is 13.6 Å². The molecule has 0 radical (unpaired) electrons. The largest absolute Gasteiger partial charge is 0.365 e. The lowest BCUT2D eigenvalue weighted by molar-refractivity contribution is 0.200. The smallest absolute Gasteiger partial charge is 0.146 e. The molecular formula is C18H29FN2. The molecule has 2 N–H and O–H groups in total. The third-order valence-corrected chi connectivity index (χ3v) is 5.03. The maximum Gasteiger partial charge on any atom is 0.146 e. The van der Waals surface area contributed by atoms with E-state index in [-0.39, 0.29) is 11.4 Å². The van der Waals surface area contributed by atoms with E-state index in [0.29, 0.717) is 24.1 Å². The number of likely N-dealkylation sites (N-methyl/N-ethyl adjacent to an activating group) is 1. The van der Waals surface area contributed by atoms with Gasteiger partial charge in [-0.3, -0.25) is 0 Å². The van der Waals surface area contributed by atoms with Crippen LogP contribution in [0.4, 0.5) is 10.1 Å². The summed E-state index contributed by atoms with van der Waals surface area (Å²) in [5.74, 6) is 1.26. The summed E-state index contributed by atoms with van der Waals surface area (Å²) in [6, 6.07) is 7.03. The highest BCUT2D eigenvalue weighted by molar-refractivity contribution is 5.50. The molecule has 1 aliphatic rings. The van der Waals surface area contributed by atoms with E-state index in [9.17, 15) is 4.39 Å². The second-order valence-corrected chi connectivity index (χ2v) is 7.03. The summed E-state index contributed by atoms with van der Waals surface area (Å²) in [7, 11) is 2.00. The molecule has 1 aliphatic carbocycles. The number of para-hydroxylation sites is 1. The average molecular weight is 292 g/mol. The van der Waals surface area contributed by atoms with Crippen molar-refractivity contribution in [3.8, 4) is 0 Å². The van der Waals surface area contributed by atoms with Crippen molar-refractivity contribution in [2.75, 3.05) is 18.5 Å². The van der Waals surface area contributed by atoms with Crippen molar-refractivity contribution in [3.63, 3.8) is 0 Å². The van der Waals surface area contributed by atoms with Gasteiger partial charge in [-0.1, -0.05) is 38.8 Å². The Labute approximate surface area is 128 Å². The zero-order valence-corrected chi connectivity index (χ0v) is 13.6. The van der Waals surface area contributed by atoms with E-state index < -0.39 is 0 Å². The fourth-order valence-corrected chi connectivity index (χ4v) is 3.94. The topological polar surface area (TPSA) is 29.3 Å². The normalized spacial score (nSPS) is 26.1. The molecule has 21 heavy (non-hydrogen) atoms. The number of nitrogens with zero attached hydrogens (tertiary/aromatic N) is 1. The number of anilines is 1. The number of benzene rings is 1. The van der Waals surface area contributed by atoms with Gasteiger partial charge in [0.25, 0.3) is 0 Å². The Balaban J connectivity index is 2.22. The zero-order valence-electron chi connectivity index (χ0n) is 13.6. The van der Waals surface area contributed by atoms with Crippen molar-refractivity contribution in [3.05, 3.63) is 30.1 Å². The lowest BCUT2D eigenvalue weighted by Gasteiger charge is -2.48. The predicted octanol–water partition coefficient (Wildman–Crippen LogP) is 4.20. The third-order valence-electron chi connectivity index (χ3n) is 5.03. The summed E-state index contributed by atoms with van der Waals surface area (Å²) < 4.78 is 14.1. The van der Waals surface area contributed by atoms with Crippen molar-refractivity contribution < 1.29 is 4.39 Å². The summed E-state index contributed by atoms with van der Waals surface area (Å²) in [5, 5.41) is 0. The fourth-order valence-electron chi connectivity index (χ4n) is 3.94. The van der Waals surface area contributed by atoms with E-state index in [1.54, 1.807) is 6.07 Å². The molecule has 2 atom stereocenters. The van der Waals surface area contributed by atoms with Crippen LogP contribution in [-0.2, 0) is 0 Å². The van der Waals surface area contributed by atoms with Crippen LogP contribution in [0, 0.1) is 17.7 Å². The number of hydrogen-bond donors (Lipinski definition) is 1. The van der Waals surface area contributed by atoms with E-state index >= 15 is 0 Å². The second-order valence-electron chi connectivity index (χ2n) is 7.03. The van der Waals surface area contributed by atoms with Crippen molar-refractivity contribution in [2.45, 2.75) is 51.5 Å². The summed E-state index contributed by atoms with van der Waals surface area (Å²) in [4.78, 5) is 2.11. The Morgan fingerprint density at radius 2 is 2.10 bits per heavy atom. The summed E-state index contributed by atoms with van der Waals surface area (Å²) in [5.41, 5.74) is 6.73. The van der Waals surface area contributed by atoms with Gasteiger partial charge in [-0.05, 0) is 43.2 Å². The first-order valence-corrected chi connectivity index (χ1v) is 8.17. The first-order chi connectivity index (χ1) is 9.98. The van der Waals surface area contributed by atoms with Crippen LogP contribution in [0.1, 0.15) is 46.0 Å². The Morgan fingerprint density at radius 3 is 2.71 bits per heavy atom. The molecule has 0 heterocycles. The molecule has 3 heteroatoms. The molecule has 0 aromatic heterocycles. The number of nitrogens with two attached hydrogens (primary N) is 1. The fraction of sp³-hybridized carbons (Fsp3) is 0.667. The van der Waals surface area contributed by atoms with Crippen LogP contribution in [0.25, 0.3) is 0 Å². The maximum absolute atomic E-state index is 14.1. The highest BCUT2D eigenvalue weighted by Crippen LogP contribution is 2.40. The first-order valence-electron chi connectivity index (χ1n) is 8.17. The van der Waals surface area contributed by atoms with E-state index in [4.69, 9.17) is 5.73 Å². The molecule has 1 fully saturated rings. The Hall–Kier alpha value is -1.09. The van der Waals surface area contributed by atoms with Gasteiger partial charge in [-0.2, -0.15) is 0 Å². The number of hydrogen-bond acceptors (Lipinski definition) is 2. The molecule has 0 saturated heterocycles. The van der Waals surface area contributed by atoms with Crippen LogP contribution in [0.5, 0.6) is 0 Å². The van der Waals surface area contributed by atoms with Gasteiger partial charge < -0.3 is 10.6 Å². The molecule has 1 aromatic rings. The third kappa shape index (κ3) is 3.57.